The summed E-state index contributed by atoms with van der Waals surface area (Å²) < 4.78 is 0.882. The highest BCUT2D eigenvalue weighted by atomic mass is 32.2. The van der Waals surface area contributed by atoms with Gasteiger partial charge < -0.3 is 5.11 Å². The SMILES string of the molecule is CSC1=NCC(C(=O)O)S1. The maximum Gasteiger partial charge on any atom is 0.318 e. The molecule has 1 aliphatic heterocycles. The minimum Gasteiger partial charge on any atom is -0.480 e. The van der Waals surface area contributed by atoms with Crippen molar-refractivity contribution >= 4 is 33.9 Å². The highest BCUT2D eigenvalue weighted by molar-refractivity contribution is 8.39. The van der Waals surface area contributed by atoms with Gasteiger partial charge in [0.1, 0.15) is 9.63 Å². The molecular weight excluding hydrogens is 170 g/mol. The summed E-state index contributed by atoms with van der Waals surface area (Å²) in [7, 11) is 0. The number of nitrogens with zero attached hydrogens (tertiary/aromatic N) is 1. The van der Waals surface area contributed by atoms with Gasteiger partial charge in [0.2, 0.25) is 0 Å². The van der Waals surface area contributed by atoms with Crippen molar-refractivity contribution in [2.75, 3.05) is 12.8 Å². The molecule has 0 radical (unpaired) electrons. The van der Waals surface area contributed by atoms with Gasteiger partial charge in [0.05, 0.1) is 6.54 Å². The molecule has 0 saturated carbocycles. The van der Waals surface area contributed by atoms with E-state index < -0.39 is 5.97 Å². The van der Waals surface area contributed by atoms with Gasteiger partial charge in [-0.25, -0.2) is 0 Å². The van der Waals surface area contributed by atoms with Crippen molar-refractivity contribution in [3.63, 3.8) is 0 Å². The zero-order valence-corrected chi connectivity index (χ0v) is 7.04. The number of aliphatic imine (C=N–C) groups is 1. The Bertz CT molecular complexity index is 180. The summed E-state index contributed by atoms with van der Waals surface area (Å²) in [5.74, 6) is -0.766. The molecule has 1 N–H and O–H groups in total. The second kappa shape index (κ2) is 3.30. The summed E-state index contributed by atoms with van der Waals surface area (Å²) in [4.78, 5) is 14.4. The fourth-order valence-electron chi connectivity index (χ4n) is 0.595. The quantitative estimate of drug-likeness (QED) is 0.646. The summed E-state index contributed by atoms with van der Waals surface area (Å²) >= 11 is 2.84. The number of carbonyl (C=O) groups is 1. The first-order valence-electron chi connectivity index (χ1n) is 2.72. The molecule has 0 bridgehead atoms. The molecule has 1 rings (SSSR count). The molecule has 1 unspecified atom stereocenters. The van der Waals surface area contributed by atoms with Crippen LogP contribution in [0.15, 0.2) is 4.99 Å². The van der Waals surface area contributed by atoms with E-state index in [0.29, 0.717) is 6.54 Å². The van der Waals surface area contributed by atoms with Crippen molar-refractivity contribution in [1.82, 2.24) is 0 Å². The first-order valence-corrected chi connectivity index (χ1v) is 4.82. The standard InChI is InChI=1S/C5H7NO2S2/c1-9-5-6-2-3(10-5)4(7)8/h3H,2H2,1H3,(H,7,8). The average molecular weight is 177 g/mol. The maximum atomic E-state index is 10.4. The molecule has 0 saturated heterocycles. The van der Waals surface area contributed by atoms with Crippen LogP contribution in [0.4, 0.5) is 0 Å². The van der Waals surface area contributed by atoms with Crippen LogP contribution in [0.1, 0.15) is 0 Å². The summed E-state index contributed by atoms with van der Waals surface area (Å²) in [5, 5.41) is 8.18. The molecule has 0 fully saturated rings. The Morgan fingerprint density at radius 1 is 2.00 bits per heavy atom. The third-order valence-corrected chi connectivity index (χ3v) is 3.31. The van der Waals surface area contributed by atoms with E-state index in [4.69, 9.17) is 5.11 Å². The minimum absolute atomic E-state index is 0.345. The van der Waals surface area contributed by atoms with E-state index in [1.54, 1.807) is 0 Å². The van der Waals surface area contributed by atoms with Gasteiger partial charge in [-0.05, 0) is 6.26 Å². The zero-order valence-electron chi connectivity index (χ0n) is 5.40. The Morgan fingerprint density at radius 2 is 2.70 bits per heavy atom. The van der Waals surface area contributed by atoms with Crippen LogP contribution in [0.25, 0.3) is 0 Å². The van der Waals surface area contributed by atoms with Crippen molar-refractivity contribution < 1.29 is 9.90 Å². The second-order valence-electron chi connectivity index (χ2n) is 1.76. The number of hydrogen-bond donors (Lipinski definition) is 1. The number of carboxylic acids is 1. The van der Waals surface area contributed by atoms with E-state index in [-0.39, 0.29) is 5.25 Å². The number of hydrogen-bond acceptors (Lipinski definition) is 4. The van der Waals surface area contributed by atoms with Crippen LogP contribution in [-0.4, -0.2) is 33.5 Å². The molecule has 0 aliphatic carbocycles. The Hall–Kier alpha value is -0.160. The fraction of sp³-hybridized carbons (Fsp3) is 0.600. The normalized spacial score (nSPS) is 24.5. The monoisotopic (exact) mass is 177 g/mol. The van der Waals surface area contributed by atoms with Gasteiger partial charge in [-0.15, -0.1) is 11.8 Å². The van der Waals surface area contributed by atoms with Gasteiger partial charge in [-0.1, -0.05) is 11.8 Å². The van der Waals surface area contributed by atoms with Crippen LogP contribution in [0.3, 0.4) is 0 Å². The van der Waals surface area contributed by atoms with E-state index in [2.05, 4.69) is 4.99 Å². The van der Waals surface area contributed by atoms with Crippen LogP contribution < -0.4 is 0 Å². The van der Waals surface area contributed by atoms with Crippen molar-refractivity contribution in [1.29, 1.82) is 0 Å². The lowest BCUT2D eigenvalue weighted by atomic mass is 10.4. The third kappa shape index (κ3) is 1.67. The first kappa shape index (κ1) is 7.94. The van der Waals surface area contributed by atoms with E-state index in [1.165, 1.54) is 23.5 Å². The zero-order chi connectivity index (χ0) is 7.56. The molecule has 0 aromatic carbocycles. The smallest absolute Gasteiger partial charge is 0.318 e. The maximum absolute atomic E-state index is 10.4. The van der Waals surface area contributed by atoms with Crippen molar-refractivity contribution in [3.05, 3.63) is 0 Å². The highest BCUT2D eigenvalue weighted by Gasteiger charge is 2.24. The number of thioether (sulfide) groups is 2. The molecule has 56 valence electrons. The molecule has 0 aromatic heterocycles. The molecule has 0 spiro atoms. The number of aliphatic carboxylic acids is 1. The topological polar surface area (TPSA) is 49.7 Å². The Morgan fingerprint density at radius 3 is 3.00 bits per heavy atom. The predicted molar refractivity (Wildman–Crippen MR) is 44.8 cm³/mol. The van der Waals surface area contributed by atoms with E-state index in [0.717, 1.165) is 4.38 Å². The molecule has 5 heteroatoms. The average Bonchev–Trinajstić information content (AvgIpc) is 2.34. The van der Waals surface area contributed by atoms with Gasteiger partial charge in [0.15, 0.2) is 0 Å². The van der Waals surface area contributed by atoms with Gasteiger partial charge in [-0.2, -0.15) is 0 Å². The Kier molecular flexibility index (Phi) is 2.62. The van der Waals surface area contributed by atoms with Crippen molar-refractivity contribution in [2.45, 2.75) is 5.25 Å². The van der Waals surface area contributed by atoms with Crippen LogP contribution in [0.2, 0.25) is 0 Å². The largest absolute Gasteiger partial charge is 0.480 e. The number of carboxylic acid groups (broad SMARTS) is 1. The van der Waals surface area contributed by atoms with Crippen LogP contribution in [-0.2, 0) is 4.79 Å². The Balaban J connectivity index is 2.43. The van der Waals surface area contributed by atoms with Gasteiger partial charge >= 0.3 is 5.97 Å². The van der Waals surface area contributed by atoms with Gasteiger partial charge in [0.25, 0.3) is 0 Å². The molecule has 1 heterocycles. The number of rotatable bonds is 1. The molecule has 0 aromatic rings. The van der Waals surface area contributed by atoms with Crippen LogP contribution in [0.5, 0.6) is 0 Å². The van der Waals surface area contributed by atoms with E-state index in [1.807, 2.05) is 6.26 Å². The van der Waals surface area contributed by atoms with E-state index >= 15 is 0 Å². The van der Waals surface area contributed by atoms with Gasteiger partial charge in [-0.3, -0.25) is 9.79 Å². The van der Waals surface area contributed by atoms with Crippen LogP contribution in [0, 0.1) is 0 Å². The van der Waals surface area contributed by atoms with Crippen molar-refractivity contribution in [2.24, 2.45) is 4.99 Å². The lowest BCUT2D eigenvalue weighted by Crippen LogP contribution is -2.16. The molecule has 10 heavy (non-hydrogen) atoms. The molecule has 3 nitrogen and oxygen atoms in total. The van der Waals surface area contributed by atoms with Crippen LogP contribution >= 0.6 is 23.5 Å². The van der Waals surface area contributed by atoms with Gasteiger partial charge in [0, 0.05) is 0 Å². The summed E-state index contributed by atoms with van der Waals surface area (Å²) in [6, 6.07) is 0. The molecular formula is C5H7NO2S2. The highest BCUT2D eigenvalue weighted by Crippen LogP contribution is 2.26. The molecule has 0 amide bonds. The third-order valence-electron chi connectivity index (χ3n) is 1.08. The van der Waals surface area contributed by atoms with E-state index in [9.17, 15) is 4.79 Å². The lowest BCUT2D eigenvalue weighted by Gasteiger charge is -1.97. The lowest BCUT2D eigenvalue weighted by molar-refractivity contribution is -0.136. The summed E-state index contributed by atoms with van der Waals surface area (Å²) in [6.45, 7) is 0.427. The summed E-state index contributed by atoms with van der Waals surface area (Å²) in [5.41, 5.74) is 0. The minimum atomic E-state index is -0.766. The van der Waals surface area contributed by atoms with Crippen molar-refractivity contribution in [3.8, 4) is 0 Å². The molecule has 1 atom stereocenters. The second-order valence-corrected chi connectivity index (χ2v) is 4.00. The molecule has 1 aliphatic rings. The summed E-state index contributed by atoms with van der Waals surface area (Å²) in [6.07, 6.45) is 1.90. The fourth-order valence-corrected chi connectivity index (χ4v) is 2.17. The Labute approximate surface area is 67.3 Å². The first-order chi connectivity index (χ1) is 4.74. The predicted octanol–water partition coefficient (Wildman–Crippen LogP) is 0.905.